The number of aromatic nitrogens is 1. The molecule has 1 amide bonds. The zero-order chi connectivity index (χ0) is 18.7. The second kappa shape index (κ2) is 7.66. The molecule has 0 saturated heterocycles. The highest BCUT2D eigenvalue weighted by Crippen LogP contribution is 2.20. The fourth-order valence-electron chi connectivity index (χ4n) is 2.59. The maximum atomic E-state index is 13.3. The predicted molar refractivity (Wildman–Crippen MR) is 103 cm³/mol. The summed E-state index contributed by atoms with van der Waals surface area (Å²) in [6.07, 6.45) is 1.58. The monoisotopic (exact) mass is 414 g/mol. The molecule has 1 heterocycles. The summed E-state index contributed by atoms with van der Waals surface area (Å²) in [5.74, 6) is -0.847. The average molecular weight is 415 g/mol. The van der Waals surface area contributed by atoms with Gasteiger partial charge in [-0.1, -0.05) is 28.1 Å². The predicted octanol–water partition coefficient (Wildman–Crippen LogP) is 4.36. The van der Waals surface area contributed by atoms with E-state index in [4.69, 9.17) is 0 Å². The van der Waals surface area contributed by atoms with Gasteiger partial charge >= 0.3 is 0 Å². The first-order chi connectivity index (χ1) is 12.4. The zero-order valence-corrected chi connectivity index (χ0v) is 15.6. The number of rotatable bonds is 4. The highest BCUT2D eigenvalue weighted by atomic mass is 79.9. The van der Waals surface area contributed by atoms with Gasteiger partial charge in [-0.3, -0.25) is 9.59 Å². The first-order valence-electron chi connectivity index (χ1n) is 7.95. The molecule has 6 heteroatoms. The lowest BCUT2D eigenvalue weighted by molar-refractivity contribution is 0.102. The first kappa shape index (κ1) is 18.1. The van der Waals surface area contributed by atoms with Crippen LogP contribution in [0.3, 0.4) is 0 Å². The Morgan fingerprint density at radius 2 is 1.96 bits per heavy atom. The molecule has 132 valence electrons. The summed E-state index contributed by atoms with van der Waals surface area (Å²) in [5, 5.41) is 2.73. The maximum absolute atomic E-state index is 13.3. The summed E-state index contributed by atoms with van der Waals surface area (Å²) >= 11 is 3.41. The Kier molecular flexibility index (Phi) is 5.32. The Morgan fingerprint density at radius 3 is 2.69 bits per heavy atom. The number of nitrogens with one attached hydrogen (secondary N) is 1. The van der Waals surface area contributed by atoms with E-state index in [-0.39, 0.29) is 17.9 Å². The lowest BCUT2D eigenvalue weighted by atomic mass is 10.2. The van der Waals surface area contributed by atoms with Crippen molar-refractivity contribution in [3.05, 3.63) is 98.1 Å². The van der Waals surface area contributed by atoms with Gasteiger partial charge in [0.2, 0.25) is 0 Å². The largest absolute Gasteiger partial charge is 0.322 e. The van der Waals surface area contributed by atoms with Crippen LogP contribution < -0.4 is 10.9 Å². The Balaban J connectivity index is 1.85. The summed E-state index contributed by atoms with van der Waals surface area (Å²) in [6.45, 7) is 2.10. The molecule has 0 fully saturated rings. The van der Waals surface area contributed by atoms with Gasteiger partial charge < -0.3 is 9.88 Å². The second-order valence-corrected chi connectivity index (χ2v) is 6.76. The Bertz CT molecular complexity index is 1030. The van der Waals surface area contributed by atoms with Crippen LogP contribution in [0.25, 0.3) is 0 Å². The van der Waals surface area contributed by atoms with E-state index in [9.17, 15) is 14.0 Å². The van der Waals surface area contributed by atoms with Crippen molar-refractivity contribution in [2.75, 3.05) is 5.32 Å². The highest BCUT2D eigenvalue weighted by molar-refractivity contribution is 9.10. The van der Waals surface area contributed by atoms with Gasteiger partial charge in [0, 0.05) is 16.4 Å². The van der Waals surface area contributed by atoms with Crippen molar-refractivity contribution in [1.82, 2.24) is 4.57 Å². The van der Waals surface area contributed by atoms with E-state index in [0.717, 1.165) is 10.0 Å². The molecule has 3 aromatic rings. The van der Waals surface area contributed by atoms with Crippen LogP contribution in [0.4, 0.5) is 10.1 Å². The molecular formula is C20H16BrFN2O2. The molecule has 0 aliphatic rings. The van der Waals surface area contributed by atoms with Gasteiger partial charge in [0.05, 0.1) is 6.54 Å². The van der Waals surface area contributed by atoms with Crippen molar-refractivity contribution < 1.29 is 9.18 Å². The Labute approximate surface area is 158 Å². The Hall–Kier alpha value is -2.73. The molecule has 0 aliphatic carbocycles. The molecule has 0 atom stereocenters. The number of nitrogens with zero attached hydrogens (tertiary/aromatic N) is 1. The minimum absolute atomic E-state index is 0.0319. The molecule has 0 radical (unpaired) electrons. The molecule has 0 spiro atoms. The van der Waals surface area contributed by atoms with Crippen LogP contribution in [0.1, 0.15) is 21.5 Å². The third-order valence-electron chi connectivity index (χ3n) is 3.92. The third-order valence-corrected chi connectivity index (χ3v) is 4.81. The van der Waals surface area contributed by atoms with Crippen molar-refractivity contribution >= 4 is 27.5 Å². The van der Waals surface area contributed by atoms with Crippen LogP contribution in [-0.2, 0) is 6.54 Å². The third kappa shape index (κ3) is 4.08. The maximum Gasteiger partial charge on any atom is 0.263 e. The van der Waals surface area contributed by atoms with E-state index in [1.165, 1.54) is 22.8 Å². The van der Waals surface area contributed by atoms with Crippen molar-refractivity contribution in [1.29, 1.82) is 0 Å². The molecule has 0 aliphatic heterocycles. The standard InChI is InChI=1S/C20H16BrFN2O2/c1-13-10-16(7-8-18(13)21)23-19(25)17-6-3-9-24(20(17)26)12-14-4-2-5-15(22)11-14/h2-11H,12H2,1H3,(H,23,25). The summed E-state index contributed by atoms with van der Waals surface area (Å²) in [7, 11) is 0. The summed E-state index contributed by atoms with van der Waals surface area (Å²) in [4.78, 5) is 25.1. The molecular weight excluding hydrogens is 399 g/mol. The number of aryl methyl sites for hydroxylation is 1. The fourth-order valence-corrected chi connectivity index (χ4v) is 2.83. The van der Waals surface area contributed by atoms with Crippen molar-refractivity contribution in [3.8, 4) is 0 Å². The van der Waals surface area contributed by atoms with E-state index in [0.29, 0.717) is 11.3 Å². The van der Waals surface area contributed by atoms with Gasteiger partial charge in [-0.2, -0.15) is 0 Å². The molecule has 1 aromatic heterocycles. The average Bonchev–Trinajstić information content (AvgIpc) is 2.60. The van der Waals surface area contributed by atoms with Crippen molar-refractivity contribution in [3.63, 3.8) is 0 Å². The number of anilines is 1. The molecule has 1 N–H and O–H groups in total. The van der Waals surface area contributed by atoms with E-state index < -0.39 is 11.5 Å². The van der Waals surface area contributed by atoms with E-state index in [1.54, 1.807) is 30.5 Å². The second-order valence-electron chi connectivity index (χ2n) is 5.90. The van der Waals surface area contributed by atoms with Crippen LogP contribution in [0, 0.1) is 12.7 Å². The van der Waals surface area contributed by atoms with E-state index in [1.807, 2.05) is 19.1 Å². The number of carbonyl (C=O) groups excluding carboxylic acids is 1. The quantitative estimate of drug-likeness (QED) is 0.689. The molecule has 26 heavy (non-hydrogen) atoms. The number of benzene rings is 2. The van der Waals surface area contributed by atoms with Gasteiger partial charge in [-0.05, 0) is 60.5 Å². The summed E-state index contributed by atoms with van der Waals surface area (Å²) in [6, 6.07) is 14.5. The molecule has 0 saturated carbocycles. The number of hydrogen-bond acceptors (Lipinski definition) is 2. The lowest BCUT2D eigenvalue weighted by Gasteiger charge is -2.10. The minimum Gasteiger partial charge on any atom is -0.322 e. The number of halogens is 2. The normalized spacial score (nSPS) is 10.6. The van der Waals surface area contributed by atoms with Crippen LogP contribution in [0.15, 0.2) is 70.1 Å². The van der Waals surface area contributed by atoms with Crippen molar-refractivity contribution in [2.24, 2.45) is 0 Å². The molecule has 2 aromatic carbocycles. The van der Waals surface area contributed by atoms with Crippen molar-refractivity contribution in [2.45, 2.75) is 13.5 Å². The van der Waals surface area contributed by atoms with Crippen LogP contribution in [0.2, 0.25) is 0 Å². The lowest BCUT2D eigenvalue weighted by Crippen LogP contribution is -2.29. The van der Waals surface area contributed by atoms with Gasteiger partial charge in [-0.15, -0.1) is 0 Å². The molecule has 0 bridgehead atoms. The number of carbonyl (C=O) groups is 1. The van der Waals surface area contributed by atoms with Gasteiger partial charge in [0.15, 0.2) is 0 Å². The van der Waals surface area contributed by atoms with Gasteiger partial charge in [-0.25, -0.2) is 4.39 Å². The minimum atomic E-state index is -0.481. The zero-order valence-electron chi connectivity index (χ0n) is 14.0. The van der Waals surface area contributed by atoms with Gasteiger partial charge in [0.1, 0.15) is 11.4 Å². The Morgan fingerprint density at radius 1 is 1.15 bits per heavy atom. The number of amides is 1. The highest BCUT2D eigenvalue weighted by Gasteiger charge is 2.13. The number of hydrogen-bond donors (Lipinski definition) is 1. The smallest absolute Gasteiger partial charge is 0.263 e. The molecule has 4 nitrogen and oxygen atoms in total. The summed E-state index contributed by atoms with van der Waals surface area (Å²) in [5.41, 5.74) is 1.83. The van der Waals surface area contributed by atoms with Crippen LogP contribution in [0.5, 0.6) is 0 Å². The molecule has 3 rings (SSSR count). The van der Waals surface area contributed by atoms with E-state index in [2.05, 4.69) is 21.2 Å². The number of pyridine rings is 1. The SMILES string of the molecule is Cc1cc(NC(=O)c2cccn(Cc3cccc(F)c3)c2=O)ccc1Br. The van der Waals surface area contributed by atoms with Crippen LogP contribution in [-0.4, -0.2) is 10.5 Å². The van der Waals surface area contributed by atoms with Gasteiger partial charge in [0.25, 0.3) is 11.5 Å². The van der Waals surface area contributed by atoms with E-state index >= 15 is 0 Å². The summed E-state index contributed by atoms with van der Waals surface area (Å²) < 4.78 is 15.6. The topological polar surface area (TPSA) is 51.1 Å². The fraction of sp³-hybridized carbons (Fsp3) is 0.100. The molecule has 0 unspecified atom stereocenters. The van der Waals surface area contributed by atoms with Crippen LogP contribution >= 0.6 is 15.9 Å². The first-order valence-corrected chi connectivity index (χ1v) is 8.75.